The summed E-state index contributed by atoms with van der Waals surface area (Å²) < 4.78 is 67.3. The maximum absolute atomic E-state index is 12.0. The summed E-state index contributed by atoms with van der Waals surface area (Å²) in [5, 5.41) is 29.7. The number of ether oxygens (including phenoxy) is 4. The molecule has 20 heteroatoms. The number of aliphatic hydroxyl groups excluding tert-OH is 3. The molecule has 7 atom stereocenters. The van der Waals surface area contributed by atoms with E-state index in [0.717, 1.165) is 70.6 Å². The number of fused-ring (bicyclic) bond motifs is 2. The average Bonchev–Trinajstić information content (AvgIpc) is 3.44. The second-order valence-electron chi connectivity index (χ2n) is 16.4. The molecule has 2 aliphatic rings. The van der Waals surface area contributed by atoms with Crippen molar-refractivity contribution >= 4 is 24.4 Å². The molecule has 0 aromatic carbocycles. The summed E-state index contributed by atoms with van der Waals surface area (Å²) >= 11 is 0. The number of allylic oxidation sites excluding steroid dienone is 1. The molecule has 0 spiro atoms. The number of likely N-dealkylation sites (N-methyl/N-ethyl adjacent to an activating group) is 1. The van der Waals surface area contributed by atoms with Crippen molar-refractivity contribution in [2.24, 2.45) is 0 Å². The Morgan fingerprint density at radius 3 is 2.17 bits per heavy atom. The zero-order valence-corrected chi connectivity index (χ0v) is 39.2. The third-order valence-corrected chi connectivity index (χ3v) is 11.6. The number of carbonyl (C=O) groups is 1. The van der Waals surface area contributed by atoms with Crippen molar-refractivity contribution in [2.45, 2.75) is 158 Å². The molecule has 2 aliphatic heterocycles. The Bertz CT molecular complexity index is 1230. The predicted molar refractivity (Wildman–Crippen MR) is 211 cm³/mol. The smallest absolute Gasteiger partial charge is 0.735 e. The zero-order valence-electron chi connectivity index (χ0n) is 35.5. The number of aliphatic hydroxyl groups is 3. The van der Waals surface area contributed by atoms with Gasteiger partial charge in [-0.1, -0.05) is 76.7 Å². The fourth-order valence-corrected chi connectivity index (χ4v) is 8.06. The van der Waals surface area contributed by atoms with Gasteiger partial charge in [-0.25, -0.2) is 17.9 Å². The van der Waals surface area contributed by atoms with E-state index in [-0.39, 0.29) is 61.6 Å². The number of carbonyl (C=O) groups excluding carboxylic acids is 1. The summed E-state index contributed by atoms with van der Waals surface area (Å²) in [5.74, 6) is -1.21. The Morgan fingerprint density at radius 1 is 0.931 bits per heavy atom. The predicted octanol–water partition coefficient (Wildman–Crippen LogP) is -0.0857. The number of unbranched alkanes of at least 4 members (excludes halogenated alkanes) is 13. The number of hydrogen-bond acceptors (Lipinski definition) is 15. The van der Waals surface area contributed by atoms with Gasteiger partial charge in [0.1, 0.15) is 38.6 Å². The van der Waals surface area contributed by atoms with Crippen LogP contribution in [0.2, 0.25) is 0 Å². The first kappa shape index (κ1) is 56.1. The maximum Gasteiger partial charge on any atom is 1.00 e. The Kier molecular flexibility index (Phi) is 29.2. The molecule has 0 aromatic heterocycles. The minimum absolute atomic E-state index is 0. The second kappa shape index (κ2) is 30.2. The first-order valence-electron chi connectivity index (χ1n) is 20.8. The number of quaternary nitrogens is 1. The number of nitrogens with one attached hydrogen (secondary N) is 1. The largest absolute Gasteiger partial charge is 1.00 e. The van der Waals surface area contributed by atoms with Crippen molar-refractivity contribution in [1.29, 1.82) is 0 Å². The van der Waals surface area contributed by atoms with Gasteiger partial charge in [0.05, 0.1) is 52.6 Å². The number of nitrogens with zero attached hydrogens (tertiary/aromatic N) is 1. The van der Waals surface area contributed by atoms with Gasteiger partial charge in [0.25, 0.3) is 0 Å². The van der Waals surface area contributed by atoms with E-state index in [9.17, 15) is 37.8 Å². The molecule has 0 aliphatic carbocycles. The topological polar surface area (TPSA) is 246 Å². The fraction of sp³-hybridized carbons (Fsp3) is 0.921. The van der Waals surface area contributed by atoms with E-state index in [1.807, 2.05) is 21.1 Å². The van der Waals surface area contributed by atoms with Crippen LogP contribution in [0.3, 0.4) is 0 Å². The van der Waals surface area contributed by atoms with E-state index in [1.165, 1.54) is 38.2 Å². The fourth-order valence-electron chi connectivity index (χ4n) is 6.77. The summed E-state index contributed by atoms with van der Waals surface area (Å²) in [6.45, 7) is -0.452. The number of phosphoric acid groups is 1. The molecular weight excluding hydrogens is 810 g/mol. The third kappa shape index (κ3) is 27.2. The molecule has 336 valence electrons. The summed E-state index contributed by atoms with van der Waals surface area (Å²) in [7, 11) is -3.20. The van der Waals surface area contributed by atoms with Crippen LogP contribution in [0.15, 0.2) is 12.2 Å². The van der Waals surface area contributed by atoms with E-state index in [2.05, 4.69) is 0 Å². The van der Waals surface area contributed by atoms with Crippen molar-refractivity contribution < 1.29 is 105 Å². The van der Waals surface area contributed by atoms with Crippen LogP contribution in [0.1, 0.15) is 122 Å². The van der Waals surface area contributed by atoms with Crippen LogP contribution in [0.5, 0.6) is 0 Å². The molecule has 58 heavy (non-hydrogen) atoms. The minimum atomic E-state index is -4.61. The van der Waals surface area contributed by atoms with E-state index >= 15 is 0 Å². The van der Waals surface area contributed by atoms with Crippen molar-refractivity contribution in [1.82, 2.24) is 4.72 Å². The molecule has 2 bridgehead atoms. The van der Waals surface area contributed by atoms with Crippen molar-refractivity contribution in [3.63, 3.8) is 0 Å². The summed E-state index contributed by atoms with van der Waals surface area (Å²) in [4.78, 5) is 33.7. The Labute approximate surface area is 369 Å². The van der Waals surface area contributed by atoms with Gasteiger partial charge in [0, 0.05) is 25.5 Å². The van der Waals surface area contributed by atoms with Crippen molar-refractivity contribution in [2.75, 3.05) is 67.3 Å². The molecule has 0 radical (unpaired) electrons. The van der Waals surface area contributed by atoms with E-state index in [0.29, 0.717) is 36.9 Å². The molecule has 2 unspecified atom stereocenters. The minimum Gasteiger partial charge on any atom is -0.735 e. The monoisotopic (exact) mass is 883 g/mol. The molecule has 0 saturated carbocycles. The summed E-state index contributed by atoms with van der Waals surface area (Å²) in [5.41, 5.74) is 0. The van der Waals surface area contributed by atoms with Crippen LogP contribution in [-0.4, -0.2) is 147 Å². The van der Waals surface area contributed by atoms with Crippen LogP contribution in [0, 0.1) is 0 Å². The van der Waals surface area contributed by atoms with E-state index in [1.54, 1.807) is 10.8 Å². The summed E-state index contributed by atoms with van der Waals surface area (Å²) in [6, 6.07) is -0.913. The normalized spacial score (nSPS) is 23.1. The molecule has 0 aromatic rings. The van der Waals surface area contributed by atoms with E-state index in [4.69, 9.17) is 33.1 Å². The third-order valence-electron chi connectivity index (χ3n) is 9.96. The molecule has 17 nitrogen and oxygen atoms in total. The maximum atomic E-state index is 12.0. The van der Waals surface area contributed by atoms with Gasteiger partial charge in [-0.05, 0) is 38.5 Å². The van der Waals surface area contributed by atoms with Gasteiger partial charge >= 0.3 is 43.7 Å². The number of esters is 1. The Balaban J connectivity index is 0.0000168. The molecule has 5 N–H and O–H groups in total. The van der Waals surface area contributed by atoms with Crippen LogP contribution < -0.4 is 39.2 Å². The van der Waals surface area contributed by atoms with Gasteiger partial charge < -0.3 is 48.2 Å². The molecule has 0 amide bonds. The molecule has 2 rings (SSSR count). The number of rotatable bonds is 35. The van der Waals surface area contributed by atoms with Crippen molar-refractivity contribution in [3.05, 3.63) is 12.2 Å². The van der Waals surface area contributed by atoms with Gasteiger partial charge in [0.15, 0.2) is 16.1 Å². The molecule has 2 saturated heterocycles. The number of hydrogen-bond donors (Lipinski definition) is 5. The van der Waals surface area contributed by atoms with Crippen molar-refractivity contribution in [3.8, 4) is 0 Å². The Hall–Kier alpha value is 0.0700. The molecular formula is C38H73N2NaO15PS+. The standard InChI is InChI=1S/C38H73N2O15PS.Na/c1-40(2,3)25-27-52-56(45,46)53-31-33(42)30-51-36(44)21-17-13-11-12-16-20-35-37-34(43)22-24-38(54-35,55-37)23-18-14-9-7-5-4-6-8-10-15-19-26-50-29-32(28-41)39-57(47,48)49;/h17,21,32-35,37,39,41-43H,4-16,18-20,22-31H2,1-3H3,(H-,45,46,47,48,49);/q;+1/b21-17+;/t32?,33-,34-,35-,37-,38+;/m1./s1. The summed E-state index contributed by atoms with van der Waals surface area (Å²) in [6.07, 6.45) is 19.4. The Morgan fingerprint density at radius 2 is 1.55 bits per heavy atom. The first-order valence-corrected chi connectivity index (χ1v) is 23.7. The first-order chi connectivity index (χ1) is 26.9. The van der Waals surface area contributed by atoms with Crippen LogP contribution >= 0.6 is 8.17 Å². The van der Waals surface area contributed by atoms with Gasteiger partial charge in [0.2, 0.25) is 0 Å². The second-order valence-corrected chi connectivity index (χ2v) is 19.0. The van der Waals surface area contributed by atoms with Gasteiger partial charge in [-0.2, -0.15) is 13.9 Å². The van der Waals surface area contributed by atoms with Crippen LogP contribution in [0.25, 0.3) is 0 Å². The number of phosphoric ester groups is 1. The SMILES string of the molecule is C[N+](C)(C)CCO[P+]([O-])(O)OC[C@H](O)COC(=O)/C=C/CCCCC[C@H]1O[C@]2(CCCCCCCCCCCCCOCC(CO)NS(=O)(=O)[O-])CC[C@@H](O)[C@H]1O2.[Na+]. The van der Waals surface area contributed by atoms with Crippen LogP contribution in [0.4, 0.5) is 0 Å². The van der Waals surface area contributed by atoms with Gasteiger partial charge in [-0.3, -0.25) is 0 Å². The quantitative estimate of drug-likeness (QED) is 0.0106. The molecule has 2 heterocycles. The van der Waals surface area contributed by atoms with Gasteiger partial charge in [-0.15, -0.1) is 0 Å². The van der Waals surface area contributed by atoms with E-state index < -0.39 is 61.7 Å². The zero-order chi connectivity index (χ0) is 42.2. The molecule has 2 fully saturated rings. The average molecular weight is 884 g/mol. The van der Waals surface area contributed by atoms with Crippen LogP contribution in [-0.2, 0) is 43.1 Å².